The van der Waals surface area contributed by atoms with Gasteiger partial charge < -0.3 is 10.2 Å². The SMILES string of the molecule is CNC(=O)CN(CC(c1ccnn1C)C(C)C)C(=O)c1c(C)nn(CC(F)F)c1C. The van der Waals surface area contributed by atoms with Crippen LogP contribution < -0.4 is 5.32 Å². The van der Waals surface area contributed by atoms with E-state index in [1.807, 2.05) is 27.0 Å². The quantitative estimate of drug-likeness (QED) is 0.668. The van der Waals surface area contributed by atoms with Gasteiger partial charge in [0, 0.05) is 44.1 Å². The molecular formula is C20H30F2N6O2. The van der Waals surface area contributed by atoms with Crippen molar-refractivity contribution in [2.45, 2.75) is 46.6 Å². The minimum absolute atomic E-state index is 0.0668. The van der Waals surface area contributed by atoms with Gasteiger partial charge >= 0.3 is 0 Å². The zero-order valence-electron chi connectivity index (χ0n) is 18.3. The molecule has 166 valence electrons. The van der Waals surface area contributed by atoms with Gasteiger partial charge in [-0.25, -0.2) is 8.78 Å². The summed E-state index contributed by atoms with van der Waals surface area (Å²) in [5, 5.41) is 10.9. The number of carbonyl (C=O) groups excluding carboxylic acids is 2. The number of rotatable bonds is 9. The number of nitrogens with zero attached hydrogens (tertiary/aromatic N) is 5. The van der Waals surface area contributed by atoms with E-state index in [0.717, 1.165) is 10.4 Å². The van der Waals surface area contributed by atoms with Crippen LogP contribution in [0.15, 0.2) is 12.3 Å². The highest BCUT2D eigenvalue weighted by Gasteiger charge is 2.30. The average Bonchev–Trinajstić information content (AvgIpc) is 3.19. The highest BCUT2D eigenvalue weighted by molar-refractivity contribution is 5.98. The number of aryl methyl sites for hydroxylation is 2. The molecular weight excluding hydrogens is 394 g/mol. The Kier molecular flexibility index (Phi) is 7.69. The molecule has 2 aromatic rings. The monoisotopic (exact) mass is 424 g/mol. The Morgan fingerprint density at radius 1 is 1.27 bits per heavy atom. The third-order valence-electron chi connectivity index (χ3n) is 5.27. The molecule has 1 unspecified atom stereocenters. The highest BCUT2D eigenvalue weighted by Crippen LogP contribution is 2.26. The van der Waals surface area contributed by atoms with Gasteiger partial charge in [0.1, 0.15) is 6.54 Å². The number of likely N-dealkylation sites (N-methyl/N-ethyl adjacent to an activating group) is 1. The van der Waals surface area contributed by atoms with E-state index < -0.39 is 18.9 Å². The first-order valence-corrected chi connectivity index (χ1v) is 9.86. The molecule has 8 nitrogen and oxygen atoms in total. The summed E-state index contributed by atoms with van der Waals surface area (Å²) in [6, 6.07) is 1.89. The number of nitrogens with one attached hydrogen (secondary N) is 1. The maximum Gasteiger partial charge on any atom is 0.258 e. The van der Waals surface area contributed by atoms with Crippen LogP contribution in [-0.2, 0) is 18.4 Å². The topological polar surface area (TPSA) is 85.1 Å². The van der Waals surface area contributed by atoms with Crippen molar-refractivity contribution in [1.29, 1.82) is 0 Å². The van der Waals surface area contributed by atoms with E-state index in [4.69, 9.17) is 0 Å². The van der Waals surface area contributed by atoms with Crippen LogP contribution in [0.2, 0.25) is 0 Å². The van der Waals surface area contributed by atoms with Crippen molar-refractivity contribution < 1.29 is 18.4 Å². The Bertz CT molecular complexity index is 890. The number of hydrogen-bond donors (Lipinski definition) is 1. The lowest BCUT2D eigenvalue weighted by Gasteiger charge is -2.29. The molecule has 1 atom stereocenters. The van der Waals surface area contributed by atoms with Gasteiger partial charge in [-0.15, -0.1) is 0 Å². The summed E-state index contributed by atoms with van der Waals surface area (Å²) < 4.78 is 28.6. The van der Waals surface area contributed by atoms with Gasteiger partial charge in [-0.1, -0.05) is 13.8 Å². The predicted molar refractivity (Wildman–Crippen MR) is 108 cm³/mol. The fourth-order valence-corrected chi connectivity index (χ4v) is 3.58. The molecule has 0 spiro atoms. The fourth-order valence-electron chi connectivity index (χ4n) is 3.58. The molecule has 2 heterocycles. The first-order chi connectivity index (χ1) is 14.1. The molecule has 0 radical (unpaired) electrons. The minimum Gasteiger partial charge on any atom is -0.358 e. The smallest absolute Gasteiger partial charge is 0.258 e. The van der Waals surface area contributed by atoms with Crippen LogP contribution in [-0.4, -0.2) is 62.8 Å². The van der Waals surface area contributed by atoms with E-state index in [2.05, 4.69) is 15.5 Å². The summed E-state index contributed by atoms with van der Waals surface area (Å²) in [4.78, 5) is 27.0. The van der Waals surface area contributed by atoms with Crippen molar-refractivity contribution in [2.24, 2.45) is 13.0 Å². The van der Waals surface area contributed by atoms with Crippen LogP contribution in [0.25, 0.3) is 0 Å². The van der Waals surface area contributed by atoms with E-state index in [9.17, 15) is 18.4 Å². The van der Waals surface area contributed by atoms with Gasteiger partial charge in [-0.05, 0) is 25.8 Å². The van der Waals surface area contributed by atoms with Gasteiger partial charge in [0.05, 0.1) is 17.8 Å². The Morgan fingerprint density at radius 2 is 1.93 bits per heavy atom. The van der Waals surface area contributed by atoms with Gasteiger partial charge in [-0.3, -0.25) is 19.0 Å². The van der Waals surface area contributed by atoms with Crippen LogP contribution in [0.3, 0.4) is 0 Å². The van der Waals surface area contributed by atoms with Gasteiger partial charge in [0.2, 0.25) is 5.91 Å². The molecule has 0 aliphatic heterocycles. The molecule has 0 aromatic carbocycles. The van der Waals surface area contributed by atoms with Crippen LogP contribution in [0, 0.1) is 19.8 Å². The zero-order valence-corrected chi connectivity index (χ0v) is 18.3. The van der Waals surface area contributed by atoms with E-state index in [-0.39, 0.29) is 36.4 Å². The normalized spacial score (nSPS) is 12.5. The van der Waals surface area contributed by atoms with Gasteiger partial charge in [0.25, 0.3) is 12.3 Å². The molecule has 2 rings (SSSR count). The Hall–Kier alpha value is -2.78. The fraction of sp³-hybridized carbons (Fsp3) is 0.600. The van der Waals surface area contributed by atoms with E-state index >= 15 is 0 Å². The van der Waals surface area contributed by atoms with E-state index in [1.165, 1.54) is 11.9 Å². The second-order valence-electron chi connectivity index (χ2n) is 7.71. The molecule has 10 heteroatoms. The van der Waals surface area contributed by atoms with Crippen molar-refractivity contribution in [1.82, 2.24) is 29.8 Å². The molecule has 2 aromatic heterocycles. The molecule has 0 aliphatic carbocycles. The molecule has 0 saturated heterocycles. The first-order valence-electron chi connectivity index (χ1n) is 9.86. The predicted octanol–water partition coefficient (Wildman–Crippen LogP) is 2.13. The van der Waals surface area contributed by atoms with Crippen molar-refractivity contribution in [3.63, 3.8) is 0 Å². The highest BCUT2D eigenvalue weighted by atomic mass is 19.3. The lowest BCUT2D eigenvalue weighted by atomic mass is 9.91. The molecule has 0 aliphatic rings. The Balaban J connectivity index is 2.41. The molecule has 0 bridgehead atoms. The number of halogens is 2. The Morgan fingerprint density at radius 3 is 2.43 bits per heavy atom. The van der Waals surface area contributed by atoms with Crippen LogP contribution in [0.4, 0.5) is 8.78 Å². The van der Waals surface area contributed by atoms with E-state index in [1.54, 1.807) is 24.7 Å². The molecule has 0 fully saturated rings. The van der Waals surface area contributed by atoms with Gasteiger partial charge in [-0.2, -0.15) is 10.2 Å². The minimum atomic E-state index is -2.58. The second-order valence-corrected chi connectivity index (χ2v) is 7.71. The average molecular weight is 424 g/mol. The number of hydrogen-bond acceptors (Lipinski definition) is 4. The van der Waals surface area contributed by atoms with Crippen LogP contribution in [0.5, 0.6) is 0 Å². The van der Waals surface area contributed by atoms with Crippen molar-refractivity contribution in [3.05, 3.63) is 34.9 Å². The summed E-state index contributed by atoms with van der Waals surface area (Å²) in [5.74, 6) is -0.611. The number of aromatic nitrogens is 4. The third-order valence-corrected chi connectivity index (χ3v) is 5.27. The van der Waals surface area contributed by atoms with E-state index in [0.29, 0.717) is 11.4 Å². The zero-order chi connectivity index (χ0) is 22.6. The third kappa shape index (κ3) is 5.22. The summed E-state index contributed by atoms with van der Waals surface area (Å²) in [7, 11) is 3.33. The summed E-state index contributed by atoms with van der Waals surface area (Å²) in [5.41, 5.74) is 1.93. The number of carbonyl (C=O) groups is 2. The summed E-state index contributed by atoms with van der Waals surface area (Å²) in [6.45, 7) is 6.83. The first kappa shape index (κ1) is 23.5. The summed E-state index contributed by atoms with van der Waals surface area (Å²) in [6.07, 6.45) is -0.888. The largest absolute Gasteiger partial charge is 0.358 e. The number of amides is 2. The summed E-state index contributed by atoms with van der Waals surface area (Å²) >= 11 is 0. The molecule has 2 amide bonds. The maximum atomic E-state index is 13.4. The maximum absolute atomic E-state index is 13.4. The standard InChI is InChI=1S/C20H30F2N6O2/c1-12(2)15(16-7-8-24-26(16)6)9-27(11-18(29)23-5)20(30)19-13(3)25-28(14(19)4)10-17(21)22/h7-8,12,15,17H,9-11H2,1-6H3,(H,23,29). The lowest BCUT2D eigenvalue weighted by molar-refractivity contribution is -0.121. The van der Waals surface area contributed by atoms with Gasteiger partial charge in [0.15, 0.2) is 0 Å². The molecule has 1 N–H and O–H groups in total. The van der Waals surface area contributed by atoms with Crippen LogP contribution in [0.1, 0.15) is 47.2 Å². The number of alkyl halides is 2. The lowest BCUT2D eigenvalue weighted by Crippen LogP contribution is -2.43. The second kappa shape index (κ2) is 9.82. The molecule has 0 saturated carbocycles. The van der Waals surface area contributed by atoms with Crippen molar-refractivity contribution in [2.75, 3.05) is 20.1 Å². The van der Waals surface area contributed by atoms with Crippen molar-refractivity contribution in [3.8, 4) is 0 Å². The molecule has 30 heavy (non-hydrogen) atoms. The van der Waals surface area contributed by atoms with Crippen molar-refractivity contribution >= 4 is 11.8 Å². The Labute approximate surface area is 175 Å². The van der Waals surface area contributed by atoms with Crippen LogP contribution >= 0.6 is 0 Å².